The Hall–Kier alpha value is -6.23. The van der Waals surface area contributed by atoms with Crippen molar-refractivity contribution in [3.8, 4) is 0 Å². The molecule has 1 aliphatic heterocycles. The van der Waals surface area contributed by atoms with Gasteiger partial charge in [0.2, 0.25) is 5.91 Å². The minimum Gasteiger partial charge on any atom is -0.510 e. The van der Waals surface area contributed by atoms with Crippen LogP contribution in [0.15, 0.2) is 193 Å². The zero-order valence-electron chi connectivity index (χ0n) is 57.9. The molecular weight excluding hydrogens is 1270 g/mol. The first-order valence-corrected chi connectivity index (χ1v) is 34.7. The van der Waals surface area contributed by atoms with Gasteiger partial charge in [-0.1, -0.05) is 191 Å². The molecule has 1 fully saturated rings. The molecule has 1 saturated heterocycles. The number of rotatable bonds is 48. The second-order valence-electron chi connectivity index (χ2n) is 25.7. The Morgan fingerprint density at radius 1 is 0.606 bits per heavy atom. The lowest BCUT2D eigenvalue weighted by Crippen LogP contribution is -2.58. The minimum absolute atomic E-state index is 0.0181. The third kappa shape index (κ3) is 37.3. The molecule has 3 rings (SSSR count). The van der Waals surface area contributed by atoms with E-state index in [9.17, 15) is 86.2 Å². The molecule has 22 heteroatoms. The highest BCUT2D eigenvalue weighted by Crippen LogP contribution is 2.29. The van der Waals surface area contributed by atoms with E-state index in [0.29, 0.717) is 25.1 Å². The van der Waals surface area contributed by atoms with Gasteiger partial charge in [-0.2, -0.15) is 0 Å². The number of nitrogens with zero attached hydrogens (tertiary/aromatic N) is 1. The minimum atomic E-state index is -1.60. The Morgan fingerprint density at radius 2 is 1.14 bits per heavy atom. The number of Topliss-reactive ketones (excluding diaryl/α,β-unsaturated/α-hetero) is 1. The average Bonchev–Trinajstić information content (AvgIpc) is 1.32. The van der Waals surface area contributed by atoms with E-state index in [4.69, 9.17) is 20.2 Å². The fourth-order valence-electron chi connectivity index (χ4n) is 10.9. The van der Waals surface area contributed by atoms with Gasteiger partial charge in [-0.25, -0.2) is 0 Å². The number of aliphatic hydroxyl groups is 15. The number of nitrogens with one attached hydrogen (secondary N) is 1. The van der Waals surface area contributed by atoms with E-state index >= 15 is 0 Å². The summed E-state index contributed by atoms with van der Waals surface area (Å²) in [5.74, 6) is -2.09. The summed E-state index contributed by atoms with van der Waals surface area (Å²) in [6, 6.07) is 9.43. The standard InChI is InChI=1S/C77H115N3O19/c1-52(30-21-16-12-8-5-6-11-15-19-26-40-71(93)80-72-68(91)41-42-69(72)92)73(94)54(3)67(90)38-24-17-13-9-7-10-14-18-25-39-70(99-77-76(97)75(96)74(95)55(4)98-77)53(2)66(79-51-56-31-22-20-23-32-56)50-65(89)49-64(88)47-60(84)36-28-35-59(83)46-63(87)48-62(86)45-58(82)34-27-33-57(81)44-61(85)37-29-43-78/h5-11,13-15,17-28,30-32,34,36,38,40,52-55,57-65,67,70,73-77,81-91,94-97H,12,16,29,33,35,37,39,41-51,78H2,1-4H3,(H,80,93)/b8-5+,9-7+,11-6+,14-10+,17-13+,19-15+,25-18+,30-21+,34-27+,36-28+,38-24+,40-26+,79-66+. The predicted octanol–water partition coefficient (Wildman–Crippen LogP) is 6.06. The first-order chi connectivity index (χ1) is 47.3. The maximum Gasteiger partial charge on any atom is 0.248 e. The first kappa shape index (κ1) is 87.0. The predicted molar refractivity (Wildman–Crippen MR) is 384 cm³/mol. The molecule has 99 heavy (non-hydrogen) atoms. The number of ether oxygens (including phenoxy) is 2. The maximum absolute atomic E-state index is 12.0. The van der Waals surface area contributed by atoms with Crippen LogP contribution >= 0.6 is 0 Å². The smallest absolute Gasteiger partial charge is 0.248 e. The molecule has 0 aromatic heterocycles. The second kappa shape index (κ2) is 50.2. The van der Waals surface area contributed by atoms with E-state index in [1.165, 1.54) is 30.4 Å². The molecule has 1 aromatic carbocycles. The van der Waals surface area contributed by atoms with Crippen molar-refractivity contribution in [3.63, 3.8) is 0 Å². The van der Waals surface area contributed by atoms with Crippen LogP contribution in [-0.2, 0) is 25.6 Å². The van der Waals surface area contributed by atoms with E-state index in [1.54, 1.807) is 92.8 Å². The van der Waals surface area contributed by atoms with E-state index in [0.717, 1.165) is 18.4 Å². The van der Waals surface area contributed by atoms with E-state index in [-0.39, 0.29) is 107 Å². The zero-order valence-corrected chi connectivity index (χ0v) is 57.9. The Balaban J connectivity index is 1.53. The summed E-state index contributed by atoms with van der Waals surface area (Å²) in [6.07, 6.45) is 26.0. The summed E-state index contributed by atoms with van der Waals surface area (Å²) >= 11 is 0. The number of hydrogen-bond acceptors (Lipinski definition) is 21. The van der Waals surface area contributed by atoms with E-state index in [1.807, 2.05) is 80.6 Å². The number of unbranched alkanes of at least 4 members (excludes halogenated alkanes) is 1. The van der Waals surface area contributed by atoms with Crippen molar-refractivity contribution in [3.05, 3.63) is 193 Å². The summed E-state index contributed by atoms with van der Waals surface area (Å²) in [7, 11) is 0. The van der Waals surface area contributed by atoms with Crippen LogP contribution in [0.1, 0.15) is 136 Å². The topological polar surface area (TPSA) is 406 Å². The van der Waals surface area contributed by atoms with E-state index < -0.39 is 122 Å². The molecule has 0 spiro atoms. The van der Waals surface area contributed by atoms with Crippen molar-refractivity contribution in [1.29, 1.82) is 0 Å². The number of benzene rings is 1. The molecule has 2 aliphatic rings. The second-order valence-corrected chi connectivity index (χ2v) is 25.7. The lowest BCUT2D eigenvalue weighted by atomic mass is 9.88. The number of nitrogens with two attached hydrogens (primary N) is 1. The molecule has 552 valence electrons. The van der Waals surface area contributed by atoms with Gasteiger partial charge in [-0.05, 0) is 89.7 Å². The summed E-state index contributed by atoms with van der Waals surface area (Å²) in [6.45, 7) is 7.76. The van der Waals surface area contributed by atoms with E-state index in [2.05, 4.69) is 5.32 Å². The summed E-state index contributed by atoms with van der Waals surface area (Å²) in [5, 5.41) is 161. The van der Waals surface area contributed by atoms with Gasteiger partial charge in [0.15, 0.2) is 12.1 Å². The highest BCUT2D eigenvalue weighted by Gasteiger charge is 2.44. The highest BCUT2D eigenvalue weighted by molar-refractivity contribution is 6.03. The van der Waals surface area contributed by atoms with Crippen molar-refractivity contribution >= 4 is 17.4 Å². The first-order valence-electron chi connectivity index (χ1n) is 34.7. The fourth-order valence-corrected chi connectivity index (χ4v) is 10.9. The number of ketones is 1. The molecule has 0 saturated carbocycles. The van der Waals surface area contributed by atoms with Crippen molar-refractivity contribution in [1.82, 2.24) is 5.32 Å². The van der Waals surface area contributed by atoms with Crippen LogP contribution in [0.2, 0.25) is 0 Å². The van der Waals surface area contributed by atoms with Crippen molar-refractivity contribution in [2.45, 2.75) is 241 Å². The van der Waals surface area contributed by atoms with Crippen LogP contribution in [0.4, 0.5) is 0 Å². The van der Waals surface area contributed by atoms with Crippen LogP contribution in [0.3, 0.4) is 0 Å². The van der Waals surface area contributed by atoms with Crippen molar-refractivity contribution < 1.29 is 95.7 Å². The Labute approximate surface area is 585 Å². The highest BCUT2D eigenvalue weighted by atomic mass is 16.7. The maximum atomic E-state index is 12.0. The molecule has 1 aromatic rings. The normalized spacial score (nSPS) is 23.4. The summed E-state index contributed by atoms with van der Waals surface area (Å²) < 4.78 is 12.3. The zero-order chi connectivity index (χ0) is 73.1. The van der Waals surface area contributed by atoms with Crippen molar-refractivity contribution in [2.75, 3.05) is 6.54 Å². The van der Waals surface area contributed by atoms with Gasteiger partial charge in [0.25, 0.3) is 0 Å². The quantitative estimate of drug-likeness (QED) is 0.0116. The molecule has 1 heterocycles. The van der Waals surface area contributed by atoms with Gasteiger partial charge in [-0.15, -0.1) is 0 Å². The number of hydrogen-bond donors (Lipinski definition) is 17. The summed E-state index contributed by atoms with van der Waals surface area (Å²) in [5.41, 5.74) is 6.82. The van der Waals surface area contributed by atoms with Gasteiger partial charge in [0.05, 0.1) is 85.9 Å². The molecule has 18 N–H and O–H groups in total. The van der Waals surface area contributed by atoms with Gasteiger partial charge in [0.1, 0.15) is 29.8 Å². The Bertz CT molecular complexity index is 2880. The number of carbonyl (C=O) groups excluding carboxylic acids is 2. The third-order valence-corrected chi connectivity index (χ3v) is 16.9. The average molecular weight is 1390 g/mol. The number of aliphatic hydroxyl groups excluding tert-OH is 15. The molecule has 20 unspecified atom stereocenters. The molecular formula is C77H115N3O19. The third-order valence-electron chi connectivity index (χ3n) is 16.9. The van der Waals surface area contributed by atoms with Crippen LogP contribution in [0.25, 0.3) is 0 Å². The number of amides is 1. The van der Waals surface area contributed by atoms with Gasteiger partial charge < -0.3 is 97.1 Å². The monoisotopic (exact) mass is 1390 g/mol. The lowest BCUT2D eigenvalue weighted by Gasteiger charge is -2.41. The number of carbonyl (C=O) groups is 2. The molecule has 0 bridgehead atoms. The fraction of sp³-hybridized carbons (Fsp3) is 0.545. The number of aliphatic imine (C=N–C) groups is 1. The largest absolute Gasteiger partial charge is 0.510 e. The van der Waals surface area contributed by atoms with Crippen LogP contribution in [-0.4, -0.2) is 204 Å². The molecule has 0 radical (unpaired) electrons. The van der Waals surface area contributed by atoms with Gasteiger partial charge in [0, 0.05) is 61.6 Å². The van der Waals surface area contributed by atoms with Gasteiger partial charge >= 0.3 is 0 Å². The van der Waals surface area contributed by atoms with Crippen LogP contribution in [0, 0.1) is 17.8 Å². The van der Waals surface area contributed by atoms with Crippen LogP contribution in [0.5, 0.6) is 0 Å². The Kier molecular flexibility index (Phi) is 44.1. The molecule has 1 amide bonds. The van der Waals surface area contributed by atoms with Gasteiger partial charge in [-0.3, -0.25) is 14.6 Å². The lowest BCUT2D eigenvalue weighted by molar-refractivity contribution is -0.305. The SMILES string of the molecule is CC(/C=C/CC/C=C/C=C/C=C/C=C/C(=O)NC1=C(O)CCC1=O)C(O)C(C)C(O)/C=C/C=C/C=C/C=C/C=C/CC(OC1OC(C)C(O)C(O)C1O)C(C)/C(CC(O)CC(O)CC(O)/C=C/CC(O)CC(O)CC(O)CC(O)/C=C/CC(O)CC(O)CCCN)=N/Cc1ccccc1. The Morgan fingerprint density at radius 3 is 1.74 bits per heavy atom. The molecule has 20 atom stereocenters. The van der Waals surface area contributed by atoms with Crippen molar-refractivity contribution in [2.24, 2.45) is 28.5 Å². The van der Waals surface area contributed by atoms with Crippen LogP contribution < -0.4 is 11.1 Å². The molecule has 22 nitrogen and oxygen atoms in total. The summed E-state index contributed by atoms with van der Waals surface area (Å²) in [4.78, 5) is 28.6. The number of allylic oxidation sites excluding steroid dienone is 18. The molecule has 1 aliphatic carbocycles.